The minimum Gasteiger partial charge on any atom is -0.360 e. The Bertz CT molecular complexity index is 632. The van der Waals surface area contributed by atoms with Gasteiger partial charge >= 0.3 is 0 Å². The molecule has 0 saturated heterocycles. The van der Waals surface area contributed by atoms with E-state index in [-0.39, 0.29) is 5.82 Å². The van der Waals surface area contributed by atoms with Crippen LogP contribution in [0.4, 0.5) is 10.1 Å². The molecule has 0 unspecified atom stereocenters. The van der Waals surface area contributed by atoms with Crippen molar-refractivity contribution in [2.75, 3.05) is 32.2 Å². The molecule has 21 heavy (non-hydrogen) atoms. The molecule has 0 atom stereocenters. The summed E-state index contributed by atoms with van der Waals surface area (Å²) in [6.45, 7) is 3.14. The van der Waals surface area contributed by atoms with Crippen molar-refractivity contribution < 1.29 is 4.39 Å². The minimum absolute atomic E-state index is 0.209. The highest BCUT2D eigenvalue weighted by Crippen LogP contribution is 2.36. The Morgan fingerprint density at radius 1 is 1.19 bits per heavy atom. The van der Waals surface area contributed by atoms with Crippen molar-refractivity contribution in [3.63, 3.8) is 0 Å². The second-order valence-electron chi connectivity index (χ2n) is 5.68. The largest absolute Gasteiger partial charge is 0.360 e. The fraction of sp³-hybridized carbons (Fsp3) is 0.375. The zero-order chi connectivity index (χ0) is 15.0. The van der Waals surface area contributed by atoms with Crippen LogP contribution in [0, 0.1) is 5.82 Å². The van der Waals surface area contributed by atoms with E-state index < -0.39 is 0 Å². The Morgan fingerprint density at radius 2 is 1.90 bits per heavy atom. The number of hydrogen-bond acceptors (Lipinski definition) is 3. The van der Waals surface area contributed by atoms with Gasteiger partial charge in [-0.25, -0.2) is 4.39 Å². The van der Waals surface area contributed by atoms with E-state index in [1.54, 1.807) is 0 Å². The van der Waals surface area contributed by atoms with E-state index in [0.717, 1.165) is 31.0 Å². The molecule has 1 aromatic heterocycles. The fourth-order valence-electron chi connectivity index (χ4n) is 3.09. The van der Waals surface area contributed by atoms with E-state index >= 15 is 0 Å². The summed E-state index contributed by atoms with van der Waals surface area (Å²) in [5.74, 6) is -0.209. The van der Waals surface area contributed by atoms with Crippen molar-refractivity contribution in [2.45, 2.75) is 13.1 Å². The van der Waals surface area contributed by atoms with E-state index in [2.05, 4.69) is 34.7 Å². The molecule has 1 aliphatic heterocycles. The van der Waals surface area contributed by atoms with Crippen LogP contribution in [0.25, 0.3) is 11.3 Å². The molecule has 0 spiro atoms. The molecule has 1 aliphatic rings. The molecule has 0 bridgehead atoms. The summed E-state index contributed by atoms with van der Waals surface area (Å²) < 4.78 is 15.4. The van der Waals surface area contributed by atoms with Gasteiger partial charge in [0, 0.05) is 38.4 Å². The number of aromatic nitrogens is 1. The first kappa shape index (κ1) is 14.1. The first-order chi connectivity index (χ1) is 10.1. The molecule has 0 amide bonds. The zero-order valence-electron chi connectivity index (χ0n) is 12.5. The maximum atomic E-state index is 13.2. The Labute approximate surface area is 124 Å². The predicted octanol–water partition coefficient (Wildman–Crippen LogP) is 2.09. The molecule has 5 heteroatoms. The van der Waals surface area contributed by atoms with Gasteiger partial charge in [0.25, 0.3) is 0 Å². The van der Waals surface area contributed by atoms with E-state index in [0.29, 0.717) is 6.54 Å². The molecular formula is C16H21FN4. The molecular weight excluding hydrogens is 267 g/mol. The number of hydrogen-bond donors (Lipinski definition) is 1. The molecule has 0 fully saturated rings. The summed E-state index contributed by atoms with van der Waals surface area (Å²) >= 11 is 0. The number of rotatable bonds is 3. The van der Waals surface area contributed by atoms with Gasteiger partial charge in [0.05, 0.1) is 18.1 Å². The minimum atomic E-state index is -0.209. The molecule has 2 aromatic rings. The Balaban J connectivity index is 2.15. The Kier molecular flexibility index (Phi) is 3.69. The van der Waals surface area contributed by atoms with E-state index in [9.17, 15) is 4.39 Å². The van der Waals surface area contributed by atoms with Crippen molar-refractivity contribution in [1.82, 2.24) is 9.47 Å². The average Bonchev–Trinajstić information content (AvgIpc) is 2.79. The van der Waals surface area contributed by atoms with Crippen molar-refractivity contribution >= 4 is 5.69 Å². The molecule has 3 rings (SSSR count). The summed E-state index contributed by atoms with van der Waals surface area (Å²) in [5.41, 5.74) is 10.5. The summed E-state index contributed by atoms with van der Waals surface area (Å²) in [6, 6.07) is 6.70. The van der Waals surface area contributed by atoms with Crippen molar-refractivity contribution in [3.8, 4) is 11.3 Å². The smallest absolute Gasteiger partial charge is 0.123 e. The monoisotopic (exact) mass is 288 g/mol. The van der Waals surface area contributed by atoms with Crippen LogP contribution in [-0.2, 0) is 13.1 Å². The molecule has 0 saturated carbocycles. The van der Waals surface area contributed by atoms with Crippen LogP contribution < -0.4 is 10.6 Å². The average molecular weight is 288 g/mol. The molecule has 112 valence electrons. The molecule has 2 N–H and O–H groups in total. The van der Waals surface area contributed by atoms with Crippen LogP contribution >= 0.6 is 0 Å². The van der Waals surface area contributed by atoms with Gasteiger partial charge in [-0.15, -0.1) is 0 Å². The molecule has 1 aromatic carbocycles. The van der Waals surface area contributed by atoms with Gasteiger partial charge in [-0.3, -0.25) is 4.90 Å². The highest BCUT2D eigenvalue weighted by molar-refractivity contribution is 5.73. The van der Waals surface area contributed by atoms with Crippen molar-refractivity contribution in [3.05, 3.63) is 41.8 Å². The lowest BCUT2D eigenvalue weighted by Crippen LogP contribution is -2.37. The van der Waals surface area contributed by atoms with Gasteiger partial charge in [0.15, 0.2) is 0 Å². The second kappa shape index (κ2) is 5.50. The third kappa shape index (κ3) is 2.54. The number of fused-ring (bicyclic) bond motifs is 1. The second-order valence-corrected chi connectivity index (χ2v) is 5.68. The van der Waals surface area contributed by atoms with Crippen LogP contribution in [0.5, 0.6) is 0 Å². The fourth-order valence-corrected chi connectivity index (χ4v) is 3.09. The number of anilines is 1. The zero-order valence-corrected chi connectivity index (χ0v) is 12.5. The van der Waals surface area contributed by atoms with Gasteiger partial charge in [0.1, 0.15) is 5.82 Å². The van der Waals surface area contributed by atoms with Crippen molar-refractivity contribution in [2.24, 2.45) is 5.73 Å². The highest BCUT2D eigenvalue weighted by atomic mass is 19.1. The van der Waals surface area contributed by atoms with Gasteiger partial charge in [0.2, 0.25) is 0 Å². The quantitative estimate of drug-likeness (QED) is 0.940. The van der Waals surface area contributed by atoms with Crippen LogP contribution in [0.1, 0.15) is 5.56 Å². The lowest BCUT2D eigenvalue weighted by atomic mass is 10.0. The van der Waals surface area contributed by atoms with E-state index in [4.69, 9.17) is 5.73 Å². The third-order valence-corrected chi connectivity index (χ3v) is 3.94. The van der Waals surface area contributed by atoms with Crippen LogP contribution in [0.2, 0.25) is 0 Å². The first-order valence-corrected chi connectivity index (χ1v) is 7.18. The maximum Gasteiger partial charge on any atom is 0.123 e. The van der Waals surface area contributed by atoms with Crippen LogP contribution in [0.15, 0.2) is 30.5 Å². The van der Waals surface area contributed by atoms with Gasteiger partial charge in [-0.1, -0.05) is 0 Å². The van der Waals surface area contributed by atoms with Crippen LogP contribution in [0.3, 0.4) is 0 Å². The number of nitrogens with two attached hydrogens (primary N) is 1. The molecule has 0 aliphatic carbocycles. The lowest BCUT2D eigenvalue weighted by molar-refractivity contribution is 0.317. The van der Waals surface area contributed by atoms with Crippen LogP contribution in [-0.4, -0.2) is 36.8 Å². The highest BCUT2D eigenvalue weighted by Gasteiger charge is 2.25. The van der Waals surface area contributed by atoms with Gasteiger partial charge < -0.3 is 15.2 Å². The molecule has 0 radical (unpaired) electrons. The number of halogens is 1. The number of nitrogens with zero attached hydrogens (tertiary/aromatic N) is 3. The molecule has 2 heterocycles. The van der Waals surface area contributed by atoms with E-state index in [1.165, 1.54) is 23.4 Å². The maximum absolute atomic E-state index is 13.2. The standard InChI is InChI=1S/C16H21FN4/c1-19-9-14-15(20(2)11-19)10-21(8-7-18)16(14)12-3-5-13(17)6-4-12/h3-6,10H,7-9,11,18H2,1-2H3. The number of benzene rings is 1. The summed E-state index contributed by atoms with van der Waals surface area (Å²) in [5, 5.41) is 0. The SMILES string of the molecule is CN1Cc2c(cn(CCN)c2-c2ccc(F)cc2)N(C)C1. The van der Waals surface area contributed by atoms with Gasteiger partial charge in [-0.05, 0) is 36.9 Å². The van der Waals surface area contributed by atoms with E-state index in [1.807, 2.05) is 12.1 Å². The lowest BCUT2D eigenvalue weighted by Gasteiger charge is -2.32. The Morgan fingerprint density at radius 3 is 2.57 bits per heavy atom. The third-order valence-electron chi connectivity index (χ3n) is 3.94. The Hall–Kier alpha value is -1.85. The normalized spacial score (nSPS) is 15.3. The molecule has 4 nitrogen and oxygen atoms in total. The summed E-state index contributed by atoms with van der Waals surface area (Å²) in [4.78, 5) is 4.50. The summed E-state index contributed by atoms with van der Waals surface area (Å²) in [7, 11) is 4.20. The topological polar surface area (TPSA) is 37.4 Å². The predicted molar refractivity (Wildman–Crippen MR) is 83.6 cm³/mol. The first-order valence-electron chi connectivity index (χ1n) is 7.18. The van der Waals surface area contributed by atoms with Gasteiger partial charge in [-0.2, -0.15) is 0 Å². The van der Waals surface area contributed by atoms with Crippen molar-refractivity contribution in [1.29, 1.82) is 0 Å². The summed E-state index contributed by atoms with van der Waals surface area (Å²) in [6.07, 6.45) is 2.16.